The fourth-order valence-electron chi connectivity index (χ4n) is 2.98. The Morgan fingerprint density at radius 1 is 1.10 bits per heavy atom. The number of likely N-dealkylation sites (tertiary alicyclic amines) is 1. The van der Waals surface area contributed by atoms with E-state index in [9.17, 15) is 4.79 Å². The molecule has 2 saturated heterocycles. The Labute approximate surface area is 122 Å². The molecule has 0 radical (unpaired) electrons. The van der Waals surface area contributed by atoms with E-state index in [-0.39, 0.29) is 11.7 Å². The summed E-state index contributed by atoms with van der Waals surface area (Å²) in [6.45, 7) is 7.26. The van der Waals surface area contributed by atoms with E-state index in [4.69, 9.17) is 9.47 Å². The standard InChI is InChI=1S/C15H28N2O3/c1-14(18)16-8-4-2-3-5-9-17-10-6-15(7-11-17)19-12-13-20-15/h2-13H2,1H3,(H,16,18). The normalized spacial score (nSPS) is 22.2. The monoisotopic (exact) mass is 284 g/mol. The summed E-state index contributed by atoms with van der Waals surface area (Å²) in [6.07, 6.45) is 6.79. The first-order chi connectivity index (χ1) is 9.70. The van der Waals surface area contributed by atoms with Crippen LogP contribution in [0.15, 0.2) is 0 Å². The predicted molar refractivity (Wildman–Crippen MR) is 77.5 cm³/mol. The number of carbonyl (C=O) groups excluding carboxylic acids is 1. The lowest BCUT2D eigenvalue weighted by atomic mass is 10.0. The van der Waals surface area contributed by atoms with E-state index in [1.165, 1.54) is 25.8 Å². The number of ether oxygens (including phenoxy) is 2. The van der Waals surface area contributed by atoms with Crippen molar-refractivity contribution in [2.45, 2.75) is 51.2 Å². The van der Waals surface area contributed by atoms with E-state index >= 15 is 0 Å². The number of amides is 1. The Morgan fingerprint density at radius 2 is 1.75 bits per heavy atom. The molecule has 0 bridgehead atoms. The summed E-state index contributed by atoms with van der Waals surface area (Å²) < 4.78 is 11.5. The summed E-state index contributed by atoms with van der Waals surface area (Å²) in [5.74, 6) is -0.168. The molecule has 20 heavy (non-hydrogen) atoms. The lowest BCUT2D eigenvalue weighted by Crippen LogP contribution is -2.45. The molecule has 116 valence electrons. The SMILES string of the molecule is CC(=O)NCCCCCCN1CCC2(CC1)OCCO2. The van der Waals surface area contributed by atoms with Crippen LogP contribution in [0.1, 0.15) is 45.4 Å². The molecule has 2 aliphatic heterocycles. The van der Waals surface area contributed by atoms with Crippen LogP contribution in [-0.4, -0.2) is 56.0 Å². The van der Waals surface area contributed by atoms with Gasteiger partial charge in [-0.05, 0) is 19.4 Å². The highest BCUT2D eigenvalue weighted by molar-refractivity contribution is 5.72. The second-order valence-electron chi connectivity index (χ2n) is 5.85. The smallest absolute Gasteiger partial charge is 0.216 e. The number of hydrogen-bond acceptors (Lipinski definition) is 4. The van der Waals surface area contributed by atoms with E-state index in [0.29, 0.717) is 0 Å². The van der Waals surface area contributed by atoms with Gasteiger partial charge >= 0.3 is 0 Å². The van der Waals surface area contributed by atoms with Gasteiger partial charge in [0.05, 0.1) is 13.2 Å². The third kappa shape index (κ3) is 5.04. The maximum absolute atomic E-state index is 10.7. The minimum atomic E-state index is -0.241. The molecular weight excluding hydrogens is 256 g/mol. The maximum Gasteiger partial charge on any atom is 0.216 e. The minimum Gasteiger partial charge on any atom is -0.356 e. The molecule has 1 amide bonds. The molecule has 0 unspecified atom stereocenters. The summed E-state index contributed by atoms with van der Waals surface area (Å²) in [4.78, 5) is 13.2. The molecule has 0 aromatic heterocycles. The highest BCUT2D eigenvalue weighted by atomic mass is 16.7. The van der Waals surface area contributed by atoms with Gasteiger partial charge in [-0.15, -0.1) is 0 Å². The number of piperidine rings is 1. The van der Waals surface area contributed by atoms with Crippen LogP contribution in [-0.2, 0) is 14.3 Å². The molecular formula is C15H28N2O3. The van der Waals surface area contributed by atoms with E-state index < -0.39 is 0 Å². The van der Waals surface area contributed by atoms with E-state index in [0.717, 1.165) is 52.1 Å². The Kier molecular flexibility index (Phi) is 6.26. The molecule has 0 saturated carbocycles. The van der Waals surface area contributed by atoms with E-state index in [1.807, 2.05) is 0 Å². The predicted octanol–water partition coefficient (Wildman–Crippen LogP) is 1.52. The maximum atomic E-state index is 10.7. The molecule has 0 aromatic carbocycles. The number of nitrogens with one attached hydrogen (secondary N) is 1. The topological polar surface area (TPSA) is 50.8 Å². The largest absolute Gasteiger partial charge is 0.356 e. The first-order valence-electron chi connectivity index (χ1n) is 7.95. The van der Waals surface area contributed by atoms with Gasteiger partial charge in [-0.2, -0.15) is 0 Å². The minimum absolute atomic E-state index is 0.0728. The van der Waals surface area contributed by atoms with Crippen molar-refractivity contribution in [1.29, 1.82) is 0 Å². The lowest BCUT2D eigenvalue weighted by molar-refractivity contribution is -0.185. The average molecular weight is 284 g/mol. The van der Waals surface area contributed by atoms with Crippen molar-refractivity contribution in [2.24, 2.45) is 0 Å². The van der Waals surface area contributed by atoms with Crippen molar-refractivity contribution in [3.8, 4) is 0 Å². The van der Waals surface area contributed by atoms with Crippen LogP contribution < -0.4 is 5.32 Å². The lowest BCUT2D eigenvalue weighted by Gasteiger charge is -2.37. The molecule has 0 aromatic rings. The van der Waals surface area contributed by atoms with Gasteiger partial charge in [-0.3, -0.25) is 4.79 Å². The van der Waals surface area contributed by atoms with Crippen LogP contribution in [0.3, 0.4) is 0 Å². The van der Waals surface area contributed by atoms with Crippen molar-refractivity contribution in [2.75, 3.05) is 39.4 Å². The summed E-state index contributed by atoms with van der Waals surface area (Å²) in [5, 5.41) is 2.84. The zero-order chi connectivity index (χ0) is 14.3. The number of nitrogens with zero attached hydrogens (tertiary/aromatic N) is 1. The average Bonchev–Trinajstić information content (AvgIpc) is 2.88. The second kappa shape index (κ2) is 7.96. The first-order valence-corrected chi connectivity index (χ1v) is 7.95. The van der Waals surface area contributed by atoms with Crippen LogP contribution in [0, 0.1) is 0 Å². The van der Waals surface area contributed by atoms with Gasteiger partial charge in [0, 0.05) is 39.4 Å². The van der Waals surface area contributed by atoms with Crippen molar-refractivity contribution in [3.05, 3.63) is 0 Å². The quantitative estimate of drug-likeness (QED) is 0.720. The Hall–Kier alpha value is -0.650. The molecule has 1 N–H and O–H groups in total. The fourth-order valence-corrected chi connectivity index (χ4v) is 2.98. The molecule has 0 atom stereocenters. The Bertz CT molecular complexity index is 293. The fraction of sp³-hybridized carbons (Fsp3) is 0.933. The zero-order valence-electron chi connectivity index (χ0n) is 12.7. The van der Waals surface area contributed by atoms with E-state index in [2.05, 4.69) is 10.2 Å². The van der Waals surface area contributed by atoms with Crippen LogP contribution in [0.2, 0.25) is 0 Å². The molecule has 1 spiro atoms. The number of unbranched alkanes of at least 4 members (excludes halogenated alkanes) is 3. The Morgan fingerprint density at radius 3 is 2.40 bits per heavy atom. The van der Waals surface area contributed by atoms with Gasteiger partial charge in [0.15, 0.2) is 5.79 Å². The van der Waals surface area contributed by atoms with Gasteiger partial charge < -0.3 is 19.7 Å². The molecule has 5 nitrogen and oxygen atoms in total. The number of rotatable bonds is 7. The number of hydrogen-bond donors (Lipinski definition) is 1. The summed E-state index contributed by atoms with van der Waals surface area (Å²) in [5.41, 5.74) is 0. The zero-order valence-corrected chi connectivity index (χ0v) is 12.7. The first kappa shape index (κ1) is 15.7. The third-order valence-corrected chi connectivity index (χ3v) is 4.21. The highest BCUT2D eigenvalue weighted by Gasteiger charge is 2.39. The summed E-state index contributed by atoms with van der Waals surface area (Å²) >= 11 is 0. The van der Waals surface area contributed by atoms with E-state index in [1.54, 1.807) is 6.92 Å². The van der Waals surface area contributed by atoms with Crippen molar-refractivity contribution in [3.63, 3.8) is 0 Å². The van der Waals surface area contributed by atoms with Crippen LogP contribution in [0.5, 0.6) is 0 Å². The van der Waals surface area contributed by atoms with Crippen LogP contribution in [0.25, 0.3) is 0 Å². The summed E-state index contributed by atoms with van der Waals surface area (Å²) in [6, 6.07) is 0. The Balaban J connectivity index is 1.46. The van der Waals surface area contributed by atoms with Gasteiger partial charge in [0.2, 0.25) is 5.91 Å². The number of carbonyl (C=O) groups is 1. The molecule has 5 heteroatoms. The molecule has 2 heterocycles. The third-order valence-electron chi connectivity index (χ3n) is 4.21. The molecule has 0 aliphatic carbocycles. The van der Waals surface area contributed by atoms with Crippen molar-refractivity contribution < 1.29 is 14.3 Å². The second-order valence-corrected chi connectivity index (χ2v) is 5.85. The van der Waals surface area contributed by atoms with Crippen LogP contribution in [0.4, 0.5) is 0 Å². The van der Waals surface area contributed by atoms with Gasteiger partial charge in [0.1, 0.15) is 0 Å². The molecule has 2 fully saturated rings. The van der Waals surface area contributed by atoms with Gasteiger partial charge in [-0.25, -0.2) is 0 Å². The molecule has 2 rings (SSSR count). The summed E-state index contributed by atoms with van der Waals surface area (Å²) in [7, 11) is 0. The van der Waals surface area contributed by atoms with Crippen molar-refractivity contribution in [1.82, 2.24) is 10.2 Å². The molecule has 2 aliphatic rings. The van der Waals surface area contributed by atoms with Crippen LogP contribution >= 0.6 is 0 Å². The van der Waals surface area contributed by atoms with Gasteiger partial charge in [-0.1, -0.05) is 12.8 Å². The van der Waals surface area contributed by atoms with Crippen molar-refractivity contribution >= 4 is 5.91 Å². The van der Waals surface area contributed by atoms with Gasteiger partial charge in [0.25, 0.3) is 0 Å². The highest BCUT2D eigenvalue weighted by Crippen LogP contribution is 2.31.